The number of imidazole rings is 3. The Labute approximate surface area is 568 Å². The van der Waals surface area contributed by atoms with Crippen LogP contribution >= 0.6 is 70.4 Å². The van der Waals surface area contributed by atoms with Crippen LogP contribution in [0.1, 0.15) is 56.4 Å². The lowest BCUT2D eigenvalue weighted by Gasteiger charge is -2.32. The van der Waals surface area contributed by atoms with Crippen LogP contribution in [0.2, 0.25) is 5.02 Å². The lowest BCUT2D eigenvalue weighted by atomic mass is 9.77. The van der Waals surface area contributed by atoms with Crippen molar-refractivity contribution in [1.82, 2.24) is 29.9 Å². The highest BCUT2D eigenvalue weighted by atomic mass is 79.9. The molecule has 9 aromatic carbocycles. The van der Waals surface area contributed by atoms with Crippen molar-refractivity contribution in [2.24, 2.45) is 9.98 Å². The van der Waals surface area contributed by atoms with Crippen molar-refractivity contribution in [3.05, 3.63) is 172 Å². The van der Waals surface area contributed by atoms with Crippen molar-refractivity contribution in [3.63, 3.8) is 0 Å². The van der Waals surface area contributed by atoms with Gasteiger partial charge in [0.2, 0.25) is 0 Å². The second kappa shape index (κ2) is 25.7. The lowest BCUT2D eigenvalue weighted by Crippen LogP contribution is -2.41. The number of fused-ring (bicyclic) bond motifs is 18. The van der Waals surface area contributed by atoms with Crippen LogP contribution in [0.25, 0.3) is 99.0 Å². The third-order valence-electron chi connectivity index (χ3n) is 18.7. The van der Waals surface area contributed by atoms with E-state index in [2.05, 4.69) is 217 Å². The minimum absolute atomic E-state index is 0.356. The van der Waals surface area contributed by atoms with E-state index in [-0.39, 0.29) is 18.3 Å². The molecule has 94 heavy (non-hydrogen) atoms. The highest BCUT2D eigenvalue weighted by Crippen LogP contribution is 2.47. The fraction of sp³-hybridized carbons (Fsp3) is 0.219. The molecule has 9 heterocycles. The Kier molecular flexibility index (Phi) is 17.3. The number of aromatic nitrogens is 6. The molecule has 0 radical (unpaired) electrons. The zero-order valence-electron chi connectivity index (χ0n) is 53.4. The van der Waals surface area contributed by atoms with E-state index in [0.717, 1.165) is 146 Å². The molecule has 1 fully saturated rings. The zero-order chi connectivity index (χ0) is 64.7. The summed E-state index contributed by atoms with van der Waals surface area (Å²) in [5, 5.41) is 7.86. The van der Waals surface area contributed by atoms with Crippen LogP contribution in [-0.4, -0.2) is 92.5 Å². The summed E-state index contributed by atoms with van der Waals surface area (Å²) in [7, 11) is 3.22. The minimum atomic E-state index is -0.371. The standard InChI is InChI=1S/C25H26BN2O3P.C24H21N3OP2.C19H14ClN2OP.C5H7BrNP/c1-24(2)25(3,4)31-26(30-24)16-7-8-17-15(10-16)13-29-21-12-18-14(11-19(17)21)6-9-20-22(18)28-23(27-20)32-5;1-29-23-10-18-17-9-22-19(8-13(17)4-6-20(18)26-23)16-5-3-14(7-15(16)12-28-22)21-11-25-24(27-21)30-2;1-24-19-21-16-5-2-10-7-15-13-4-3-12(20)6-11(13)9-23-17(15)8-14(10)18(16)22-19;1-8-5-2-4(6)3-7-5/h6-12,32H,13H2,1-5H3,(H,27,28);3-9,11,29-30H,10,12H2,1-2H3,(H,25,27);2-8,24H,9H2,1H3,(H,21,22);3,8H,2H2,1H3. The summed E-state index contributed by atoms with van der Waals surface area (Å²) in [6, 6.07) is 45.1. The van der Waals surface area contributed by atoms with Crippen molar-refractivity contribution < 1.29 is 23.5 Å². The summed E-state index contributed by atoms with van der Waals surface area (Å²) in [5.41, 5.74) is 25.5. The zero-order valence-corrected chi connectivity index (χ0v) is 60.8. The Morgan fingerprint density at radius 1 is 0.511 bits per heavy atom. The molecule has 0 bridgehead atoms. The van der Waals surface area contributed by atoms with Crippen molar-refractivity contribution in [2.75, 3.05) is 33.3 Å². The molecular weight excluding hydrogens is 1350 g/mol. The Morgan fingerprint density at radius 3 is 1.56 bits per heavy atom. The molecule has 3 N–H and O–H groups in total. The molecule has 0 saturated carbocycles. The monoisotopic (exact) mass is 1420 g/mol. The Bertz CT molecular complexity index is 5170. The molecule has 13 nitrogen and oxygen atoms in total. The number of hydrogen-bond acceptors (Lipinski definition) is 10. The van der Waals surface area contributed by atoms with Gasteiger partial charge in [0.25, 0.3) is 0 Å². The molecule has 0 amide bonds. The second-order valence-corrected chi connectivity index (χ2v) is 31.4. The van der Waals surface area contributed by atoms with Gasteiger partial charge in [-0.15, -0.1) is 0 Å². The fourth-order valence-corrected chi connectivity index (χ4v) is 16.3. The average molecular weight is 1420 g/mol. The Hall–Kier alpha value is -6.71. The van der Waals surface area contributed by atoms with Crippen molar-refractivity contribution in [3.8, 4) is 61.9 Å². The van der Waals surface area contributed by atoms with Gasteiger partial charge in [-0.2, -0.15) is 0 Å². The molecule has 0 aliphatic carbocycles. The van der Waals surface area contributed by atoms with Gasteiger partial charge in [-0.05, 0) is 205 Å². The summed E-state index contributed by atoms with van der Waals surface area (Å²) in [6.07, 6.45) is 5.80. The second-order valence-electron chi connectivity index (χ2n) is 24.9. The Balaban J connectivity index is 0.000000110. The van der Waals surface area contributed by atoms with Gasteiger partial charge in [0.1, 0.15) is 53.8 Å². The van der Waals surface area contributed by atoms with E-state index in [0.29, 0.717) is 45.6 Å². The summed E-state index contributed by atoms with van der Waals surface area (Å²) in [4.78, 5) is 33.2. The summed E-state index contributed by atoms with van der Waals surface area (Å²) >= 11 is 9.48. The van der Waals surface area contributed by atoms with Gasteiger partial charge >= 0.3 is 7.12 Å². The van der Waals surface area contributed by atoms with Crippen molar-refractivity contribution >= 4 is 171 Å². The maximum atomic E-state index is 6.25. The summed E-state index contributed by atoms with van der Waals surface area (Å²) < 4.78 is 32.2. The minimum Gasteiger partial charge on any atom is -0.488 e. The first-order chi connectivity index (χ1) is 45.5. The van der Waals surface area contributed by atoms with Gasteiger partial charge in [-0.3, -0.25) is 9.98 Å². The number of allylic oxidation sites excluding steroid dienone is 1. The molecule has 21 heteroatoms. The first-order valence-electron chi connectivity index (χ1n) is 31.3. The van der Waals surface area contributed by atoms with E-state index in [4.69, 9.17) is 50.1 Å². The number of benzene rings is 9. The van der Waals surface area contributed by atoms with Crippen LogP contribution in [0, 0.1) is 0 Å². The molecule has 18 rings (SSSR count). The van der Waals surface area contributed by atoms with E-state index in [1.165, 1.54) is 70.3 Å². The number of aromatic amines is 3. The third-order valence-corrected chi connectivity index (χ3v) is 23.3. The van der Waals surface area contributed by atoms with Crippen molar-refractivity contribution in [2.45, 2.75) is 71.6 Å². The molecule has 3 aromatic heterocycles. The smallest absolute Gasteiger partial charge is 0.488 e. The predicted molar refractivity (Wildman–Crippen MR) is 409 cm³/mol. The Morgan fingerprint density at radius 2 is 1.03 bits per heavy atom. The molecule has 5 atom stereocenters. The molecule has 12 aromatic rings. The molecule has 1 saturated heterocycles. The van der Waals surface area contributed by atoms with Crippen LogP contribution < -0.4 is 36.4 Å². The van der Waals surface area contributed by atoms with E-state index < -0.39 is 0 Å². The van der Waals surface area contributed by atoms with Crippen LogP contribution in [0.3, 0.4) is 0 Å². The highest BCUT2D eigenvalue weighted by Gasteiger charge is 2.52. The normalized spacial score (nSPS) is 16.3. The van der Waals surface area contributed by atoms with E-state index in [1.807, 2.05) is 24.5 Å². The van der Waals surface area contributed by atoms with E-state index >= 15 is 0 Å². The number of nitrogens with one attached hydrogen (secondary N) is 3. The molecule has 6 aliphatic rings. The number of aliphatic imine (C=N–C) groups is 2. The van der Waals surface area contributed by atoms with Gasteiger partial charge in [-0.1, -0.05) is 125 Å². The molecule has 5 unspecified atom stereocenters. The highest BCUT2D eigenvalue weighted by molar-refractivity contribution is 9.11. The number of halogens is 2. The number of ether oxygens (including phenoxy) is 3. The van der Waals surface area contributed by atoms with Crippen LogP contribution in [0.4, 0.5) is 5.69 Å². The molecular formula is C73H68BBrClN8O5P5. The number of rotatable bonds is 7. The number of hydrogen-bond donors (Lipinski definition) is 3. The van der Waals surface area contributed by atoms with Gasteiger partial charge in [-0.25, -0.2) is 15.0 Å². The molecule has 472 valence electrons. The van der Waals surface area contributed by atoms with Crippen LogP contribution in [0.5, 0.6) is 17.2 Å². The van der Waals surface area contributed by atoms with Crippen molar-refractivity contribution in [1.29, 1.82) is 0 Å². The third kappa shape index (κ3) is 11.9. The van der Waals surface area contributed by atoms with E-state index in [1.54, 1.807) is 0 Å². The molecule has 6 aliphatic heterocycles. The summed E-state index contributed by atoms with van der Waals surface area (Å²) in [6.45, 7) is 20.7. The maximum absolute atomic E-state index is 6.25. The van der Waals surface area contributed by atoms with Crippen LogP contribution in [-0.2, 0) is 35.6 Å². The maximum Gasteiger partial charge on any atom is 0.494 e. The SMILES string of the molecule is CPC1=NC=C(Br)C1.CPC1=Nc2ccc3cc4c(cc3c2C1)OCc1cc(-c2cnc(PC)[nH]2)ccc1-4.CPc1nc2c(ccc3cc4c(cc32)OCc2cc(B3OC(C)(C)C(C)(C)O3)ccc2-4)[nH]1.CPc1nc2c(ccc3cc4c(cc32)OCc2cc(Cl)ccc2-4)[nH]1. The van der Waals surface area contributed by atoms with Crippen LogP contribution in [0.15, 0.2) is 154 Å². The van der Waals surface area contributed by atoms with Gasteiger partial charge < -0.3 is 38.5 Å². The van der Waals surface area contributed by atoms with Gasteiger partial charge in [0.15, 0.2) is 0 Å². The largest absolute Gasteiger partial charge is 0.494 e. The summed E-state index contributed by atoms with van der Waals surface area (Å²) in [5.74, 6) is 2.79. The van der Waals surface area contributed by atoms with Gasteiger partial charge in [0.05, 0.1) is 50.8 Å². The predicted octanol–water partition coefficient (Wildman–Crippen LogP) is 17.3. The number of H-pyrrole nitrogens is 3. The van der Waals surface area contributed by atoms with Gasteiger partial charge in [0, 0.05) is 66.9 Å². The first kappa shape index (κ1) is 63.4. The average Bonchev–Trinajstić information content (AvgIpc) is 1.23. The quantitative estimate of drug-likeness (QED) is 0.105. The topological polar surface area (TPSA) is 157 Å². The van der Waals surface area contributed by atoms with E-state index in [9.17, 15) is 0 Å². The lowest BCUT2D eigenvalue weighted by molar-refractivity contribution is 0.00578. The fourth-order valence-electron chi connectivity index (χ4n) is 12.9. The number of nitrogens with zero attached hydrogens (tertiary/aromatic N) is 5. The molecule has 0 spiro atoms. The first-order valence-corrected chi connectivity index (χ1v) is 40.0.